The molecule has 11 nitrogen and oxygen atoms in total. The maximum atomic E-state index is 12.8. The van der Waals surface area contributed by atoms with Crippen molar-refractivity contribution in [2.24, 2.45) is 0 Å². The van der Waals surface area contributed by atoms with E-state index in [0.29, 0.717) is 5.75 Å². The molecule has 5 aromatic rings. The molecule has 0 aliphatic carbocycles. The minimum absolute atomic E-state index is 0.0500. The monoisotopic (exact) mass is 639 g/mol. The van der Waals surface area contributed by atoms with Crippen LogP contribution < -0.4 is 26.0 Å². The number of aliphatic hydroxyl groups is 1. The lowest BCUT2D eigenvalue weighted by Gasteiger charge is -2.43. The third kappa shape index (κ3) is 6.24. The number of imidazole rings is 1. The highest BCUT2D eigenvalue weighted by Crippen LogP contribution is 2.38. The Bertz CT molecular complexity index is 1800. The fourth-order valence-corrected chi connectivity index (χ4v) is 10.6. The average molecular weight is 640 g/mol. The summed E-state index contributed by atoms with van der Waals surface area (Å²) in [6.07, 6.45) is -0.439. The van der Waals surface area contributed by atoms with Crippen molar-refractivity contribution >= 4 is 41.7 Å². The van der Waals surface area contributed by atoms with Gasteiger partial charge in [0.25, 0.3) is 19.8 Å². The van der Waals surface area contributed by atoms with Gasteiger partial charge < -0.3 is 19.0 Å². The Balaban J connectivity index is 1.21. The van der Waals surface area contributed by atoms with Gasteiger partial charge in [0.1, 0.15) is 18.1 Å². The molecule has 46 heavy (non-hydrogen) atoms. The molecule has 3 N–H and O–H groups in total. The number of rotatable bonds is 10. The molecule has 1 aliphatic heterocycles. The minimum Gasteiger partial charge on any atom is -0.484 e. The predicted octanol–water partition coefficient (Wildman–Crippen LogP) is 3.36. The van der Waals surface area contributed by atoms with Crippen molar-refractivity contribution in [3.05, 3.63) is 108 Å². The van der Waals surface area contributed by atoms with Crippen molar-refractivity contribution in [3.8, 4) is 5.75 Å². The quantitative estimate of drug-likeness (QED) is 0.198. The Morgan fingerprint density at radius 3 is 2.24 bits per heavy atom. The number of aromatic nitrogens is 4. The van der Waals surface area contributed by atoms with E-state index in [9.17, 15) is 14.7 Å². The molecule has 1 fully saturated rings. The third-order valence-electron chi connectivity index (χ3n) is 8.20. The Hall–Kier alpha value is -4.62. The number of amides is 1. The molecule has 3 atom stereocenters. The maximum Gasteiger partial charge on any atom is 0.280 e. The van der Waals surface area contributed by atoms with Crippen molar-refractivity contribution in [2.75, 3.05) is 18.5 Å². The van der Waals surface area contributed by atoms with Gasteiger partial charge in [0.2, 0.25) is 5.95 Å². The van der Waals surface area contributed by atoms with E-state index < -0.39 is 38.2 Å². The number of carbonyl (C=O) groups is 1. The number of nitrogens with one attached hydrogen (secondary N) is 2. The van der Waals surface area contributed by atoms with Gasteiger partial charge >= 0.3 is 0 Å². The van der Waals surface area contributed by atoms with E-state index in [1.165, 1.54) is 6.33 Å². The molecular weight excluding hydrogens is 602 g/mol. The number of H-pyrrole nitrogens is 1. The lowest BCUT2D eigenvalue weighted by atomic mass is 10.2. The van der Waals surface area contributed by atoms with Crippen LogP contribution in [0.4, 0.5) is 5.95 Å². The van der Waals surface area contributed by atoms with Gasteiger partial charge in [0, 0.05) is 6.42 Å². The Morgan fingerprint density at radius 1 is 1.02 bits per heavy atom. The van der Waals surface area contributed by atoms with Crippen LogP contribution in [0.5, 0.6) is 5.75 Å². The van der Waals surface area contributed by atoms with Gasteiger partial charge in [-0.15, -0.1) is 0 Å². The molecule has 0 saturated carbocycles. The van der Waals surface area contributed by atoms with Crippen LogP contribution >= 0.6 is 0 Å². The molecule has 2 aromatic heterocycles. The Morgan fingerprint density at radius 2 is 1.63 bits per heavy atom. The number of carbonyl (C=O) groups excluding carboxylic acids is 1. The summed E-state index contributed by atoms with van der Waals surface area (Å²) in [6, 6.07) is 29.5. The molecule has 12 heteroatoms. The van der Waals surface area contributed by atoms with Gasteiger partial charge in [0.15, 0.2) is 17.8 Å². The molecule has 0 unspecified atom stereocenters. The number of fused-ring (bicyclic) bond motifs is 1. The first-order valence-electron chi connectivity index (χ1n) is 15.2. The van der Waals surface area contributed by atoms with Crippen LogP contribution in [-0.2, 0) is 14.0 Å². The van der Waals surface area contributed by atoms with Crippen molar-refractivity contribution in [1.82, 2.24) is 19.5 Å². The molecule has 1 amide bonds. The van der Waals surface area contributed by atoms with E-state index in [1.54, 1.807) is 28.8 Å². The van der Waals surface area contributed by atoms with E-state index in [1.807, 2.05) is 42.5 Å². The molecule has 6 rings (SSSR count). The molecule has 1 aliphatic rings. The fourth-order valence-electron chi connectivity index (χ4n) is 6.03. The molecule has 0 radical (unpaired) electrons. The van der Waals surface area contributed by atoms with Gasteiger partial charge in [-0.25, -0.2) is 4.98 Å². The summed E-state index contributed by atoms with van der Waals surface area (Å²) in [7, 11) is -2.86. The number of aliphatic hydroxyl groups excluding tert-OH is 1. The largest absolute Gasteiger partial charge is 0.484 e. The van der Waals surface area contributed by atoms with E-state index in [4.69, 9.17) is 13.9 Å². The lowest BCUT2D eigenvalue weighted by molar-refractivity contribution is -0.118. The van der Waals surface area contributed by atoms with E-state index in [0.717, 1.165) is 10.4 Å². The average Bonchev–Trinajstić information content (AvgIpc) is 3.64. The lowest BCUT2D eigenvalue weighted by Crippen LogP contribution is -2.67. The van der Waals surface area contributed by atoms with Crippen LogP contribution in [0, 0.1) is 0 Å². The van der Waals surface area contributed by atoms with Crippen molar-refractivity contribution in [2.45, 2.75) is 50.7 Å². The summed E-state index contributed by atoms with van der Waals surface area (Å²) < 4.78 is 20.5. The Labute approximate surface area is 267 Å². The van der Waals surface area contributed by atoms with E-state index in [-0.39, 0.29) is 41.8 Å². The van der Waals surface area contributed by atoms with Crippen LogP contribution in [0.15, 0.2) is 102 Å². The highest BCUT2D eigenvalue weighted by Gasteiger charge is 2.51. The molecule has 238 valence electrons. The summed E-state index contributed by atoms with van der Waals surface area (Å²) in [5.74, 6) is -0.00502. The van der Waals surface area contributed by atoms with Crippen LogP contribution in [0.25, 0.3) is 11.2 Å². The third-order valence-corrected chi connectivity index (χ3v) is 13.2. The van der Waals surface area contributed by atoms with Crippen molar-refractivity contribution in [1.29, 1.82) is 0 Å². The molecule has 3 heterocycles. The smallest absolute Gasteiger partial charge is 0.280 e. The fraction of sp³-hybridized carbons (Fsp3) is 0.294. The first-order chi connectivity index (χ1) is 22.2. The van der Waals surface area contributed by atoms with Gasteiger partial charge in [0.05, 0.1) is 19.0 Å². The predicted molar refractivity (Wildman–Crippen MR) is 177 cm³/mol. The number of anilines is 1. The second-order valence-electron chi connectivity index (χ2n) is 12.3. The standard InChI is InChI=1S/C34H37N5O6Si/c1-34(2,3)46(24-15-9-5-10-16-24,25-17-11-6-12-18-25)44-20-27-26(40)19-29(45-27)39-22-35-30-31(39)37-33(38-32(30)42)36-28(41)21-43-23-13-7-4-8-14-23/h4-18,22,26-27,29,40H,19-21H2,1-3H3,(H2,36,37,38,41,42)/t26-,27+,29+/m0/s1. The van der Waals surface area contributed by atoms with Crippen LogP contribution in [0.2, 0.25) is 5.04 Å². The summed E-state index contributed by atoms with van der Waals surface area (Å²) in [6.45, 7) is 6.47. The highest BCUT2D eigenvalue weighted by atomic mass is 28.4. The minimum atomic E-state index is -2.86. The van der Waals surface area contributed by atoms with E-state index >= 15 is 0 Å². The zero-order chi connectivity index (χ0) is 32.3. The molecule has 1 saturated heterocycles. The number of hydrogen-bond acceptors (Lipinski definition) is 8. The summed E-state index contributed by atoms with van der Waals surface area (Å²) in [5, 5.41) is 15.8. The summed E-state index contributed by atoms with van der Waals surface area (Å²) >= 11 is 0. The SMILES string of the molecule is CC(C)(C)[Si](OC[C@H]1O[C@@H](n2cnc3c(=O)[nH]c(NC(=O)COc4ccccc4)nc32)C[C@@H]1O)(c1ccccc1)c1ccccc1. The van der Waals surface area contributed by atoms with Crippen molar-refractivity contribution < 1.29 is 23.8 Å². The number of aromatic amines is 1. The molecule has 3 aromatic carbocycles. The van der Waals surface area contributed by atoms with Crippen LogP contribution in [-0.4, -0.2) is 64.3 Å². The molecule has 0 spiro atoms. The number of para-hydroxylation sites is 1. The normalized spacial score (nSPS) is 18.5. The first kappa shape index (κ1) is 31.4. The Kier molecular flexibility index (Phi) is 8.87. The van der Waals surface area contributed by atoms with Crippen LogP contribution in [0.1, 0.15) is 33.4 Å². The number of nitrogens with zero attached hydrogens (tertiary/aromatic N) is 3. The second kappa shape index (κ2) is 13.0. The number of benzene rings is 3. The van der Waals surface area contributed by atoms with Crippen LogP contribution in [0.3, 0.4) is 0 Å². The van der Waals surface area contributed by atoms with Crippen molar-refractivity contribution in [3.63, 3.8) is 0 Å². The molecule has 0 bridgehead atoms. The number of ether oxygens (including phenoxy) is 2. The summed E-state index contributed by atoms with van der Waals surface area (Å²) in [5.41, 5.74) is -0.217. The molecular formula is C34H37N5O6Si. The summed E-state index contributed by atoms with van der Waals surface area (Å²) in [4.78, 5) is 36.6. The zero-order valence-corrected chi connectivity index (χ0v) is 26.9. The zero-order valence-electron chi connectivity index (χ0n) is 25.9. The number of hydrogen-bond donors (Lipinski definition) is 3. The van der Waals surface area contributed by atoms with Gasteiger partial charge in [-0.2, -0.15) is 4.98 Å². The van der Waals surface area contributed by atoms with Gasteiger partial charge in [-0.3, -0.25) is 24.5 Å². The second-order valence-corrected chi connectivity index (χ2v) is 16.6. The first-order valence-corrected chi connectivity index (χ1v) is 17.1. The van der Waals surface area contributed by atoms with Gasteiger partial charge in [-0.1, -0.05) is 99.6 Å². The highest BCUT2D eigenvalue weighted by molar-refractivity contribution is 6.99. The van der Waals surface area contributed by atoms with E-state index in [2.05, 4.69) is 65.3 Å². The maximum absolute atomic E-state index is 12.8. The topological polar surface area (TPSA) is 141 Å². The van der Waals surface area contributed by atoms with Gasteiger partial charge in [-0.05, 0) is 27.5 Å².